The molecule has 0 N–H and O–H groups in total. The highest BCUT2D eigenvalue weighted by Gasteiger charge is 2.03. The zero-order valence-electron chi connectivity index (χ0n) is 10.00. The fraction of sp³-hybridized carbons (Fsp3) is 0.0667. The molecule has 0 saturated heterocycles. The normalized spacial score (nSPS) is 10.7. The summed E-state index contributed by atoms with van der Waals surface area (Å²) >= 11 is 0. The molecule has 0 amide bonds. The average Bonchev–Trinajstić information content (AvgIpc) is 2.44. The van der Waals surface area contributed by atoms with Crippen LogP contribution < -0.4 is 5.56 Å². The number of hydrogen-bond acceptors (Lipinski definition) is 2. The van der Waals surface area contributed by atoms with E-state index in [-0.39, 0.29) is 5.56 Å². The lowest BCUT2D eigenvalue weighted by Gasteiger charge is -2.06. The predicted molar refractivity (Wildman–Crippen MR) is 72.4 cm³/mol. The Hall–Kier alpha value is -2.42. The summed E-state index contributed by atoms with van der Waals surface area (Å²) in [4.78, 5) is 15.7. The molecule has 0 aliphatic heterocycles. The molecule has 0 bridgehead atoms. The Kier molecular flexibility index (Phi) is 2.45. The first kappa shape index (κ1) is 10.7. The summed E-state index contributed by atoms with van der Waals surface area (Å²) < 4.78 is 1.61. The molecule has 0 spiro atoms. The summed E-state index contributed by atoms with van der Waals surface area (Å²) in [5, 5.41) is 0. The summed E-state index contributed by atoms with van der Waals surface area (Å²) in [5.74, 6) is 0. The molecule has 0 saturated carbocycles. The smallest absolute Gasteiger partial charge is 0.269 e. The van der Waals surface area contributed by atoms with Crippen LogP contribution >= 0.6 is 0 Å². The Labute approximate surface area is 104 Å². The van der Waals surface area contributed by atoms with Gasteiger partial charge in [0.05, 0.1) is 17.2 Å². The molecular formula is C15H12N2O. The lowest BCUT2D eigenvalue weighted by molar-refractivity contribution is 0.892. The van der Waals surface area contributed by atoms with Gasteiger partial charge < -0.3 is 4.57 Å². The maximum Gasteiger partial charge on any atom is 0.269 e. The van der Waals surface area contributed by atoms with E-state index in [1.54, 1.807) is 11.6 Å². The zero-order chi connectivity index (χ0) is 12.5. The van der Waals surface area contributed by atoms with Crippen LogP contribution in [0.15, 0.2) is 59.5 Å². The van der Waals surface area contributed by atoms with Crippen molar-refractivity contribution in [1.29, 1.82) is 0 Å². The molecule has 2 aromatic carbocycles. The molecule has 1 aromatic heterocycles. The molecule has 88 valence electrons. The van der Waals surface area contributed by atoms with E-state index in [1.807, 2.05) is 36.4 Å². The molecule has 3 rings (SSSR count). The maximum absolute atomic E-state index is 11.5. The van der Waals surface area contributed by atoms with Crippen LogP contribution in [0, 0.1) is 0 Å². The van der Waals surface area contributed by atoms with Crippen molar-refractivity contribution in [3.8, 4) is 11.1 Å². The highest BCUT2D eigenvalue weighted by molar-refractivity contribution is 5.81. The van der Waals surface area contributed by atoms with E-state index in [4.69, 9.17) is 0 Å². The average molecular weight is 236 g/mol. The number of aryl methyl sites for hydroxylation is 1. The lowest BCUT2D eigenvalue weighted by Crippen LogP contribution is -2.16. The van der Waals surface area contributed by atoms with Crippen LogP contribution in [0.5, 0.6) is 0 Å². The van der Waals surface area contributed by atoms with Gasteiger partial charge in [-0.1, -0.05) is 36.4 Å². The summed E-state index contributed by atoms with van der Waals surface area (Å²) in [5.41, 5.74) is 3.85. The van der Waals surface area contributed by atoms with Crippen LogP contribution in [0.4, 0.5) is 0 Å². The Morgan fingerprint density at radius 3 is 2.56 bits per heavy atom. The zero-order valence-corrected chi connectivity index (χ0v) is 10.00. The molecule has 0 unspecified atom stereocenters. The Morgan fingerprint density at radius 1 is 1.00 bits per heavy atom. The summed E-state index contributed by atoms with van der Waals surface area (Å²) in [7, 11) is 1.76. The van der Waals surface area contributed by atoms with Crippen molar-refractivity contribution in [2.45, 2.75) is 0 Å². The number of aromatic nitrogens is 2. The third-order valence-electron chi connectivity index (χ3n) is 3.09. The van der Waals surface area contributed by atoms with E-state index in [1.165, 1.54) is 6.20 Å². The van der Waals surface area contributed by atoms with Crippen molar-refractivity contribution in [3.05, 3.63) is 65.1 Å². The molecule has 0 aliphatic rings. The van der Waals surface area contributed by atoms with Gasteiger partial charge in [-0.25, -0.2) is 4.98 Å². The number of benzene rings is 2. The second-order valence-electron chi connectivity index (χ2n) is 4.22. The molecule has 1 heterocycles. The van der Waals surface area contributed by atoms with Gasteiger partial charge in [0.25, 0.3) is 5.56 Å². The van der Waals surface area contributed by atoms with Crippen LogP contribution in [0.2, 0.25) is 0 Å². The van der Waals surface area contributed by atoms with Gasteiger partial charge in [0, 0.05) is 7.05 Å². The van der Waals surface area contributed by atoms with E-state index < -0.39 is 0 Å². The molecule has 0 fully saturated rings. The quantitative estimate of drug-likeness (QED) is 0.651. The van der Waals surface area contributed by atoms with Gasteiger partial charge in [-0.3, -0.25) is 4.79 Å². The Bertz CT molecular complexity index is 760. The van der Waals surface area contributed by atoms with E-state index >= 15 is 0 Å². The van der Waals surface area contributed by atoms with Gasteiger partial charge in [0.1, 0.15) is 0 Å². The minimum absolute atomic E-state index is 0.0880. The van der Waals surface area contributed by atoms with Gasteiger partial charge in [-0.05, 0) is 23.3 Å². The summed E-state index contributed by atoms with van der Waals surface area (Å²) in [6.07, 6.45) is 1.36. The van der Waals surface area contributed by atoms with Gasteiger partial charge in [-0.2, -0.15) is 0 Å². The van der Waals surface area contributed by atoms with Gasteiger partial charge >= 0.3 is 0 Å². The SMILES string of the molecule is Cn1c(=O)cnc2cc(-c3ccccc3)ccc21. The molecule has 3 aromatic rings. The van der Waals surface area contributed by atoms with Crippen LogP contribution in [-0.4, -0.2) is 9.55 Å². The number of hydrogen-bond donors (Lipinski definition) is 0. The van der Waals surface area contributed by atoms with Gasteiger partial charge in [0.2, 0.25) is 0 Å². The highest BCUT2D eigenvalue weighted by Crippen LogP contribution is 2.22. The van der Waals surface area contributed by atoms with Crippen molar-refractivity contribution in [3.63, 3.8) is 0 Å². The predicted octanol–water partition coefficient (Wildman–Crippen LogP) is 2.60. The van der Waals surface area contributed by atoms with Crippen molar-refractivity contribution in [2.24, 2.45) is 7.05 Å². The topological polar surface area (TPSA) is 34.9 Å². The van der Waals surface area contributed by atoms with E-state index in [2.05, 4.69) is 17.1 Å². The molecule has 18 heavy (non-hydrogen) atoms. The molecular weight excluding hydrogens is 224 g/mol. The highest BCUT2D eigenvalue weighted by atomic mass is 16.1. The van der Waals surface area contributed by atoms with Crippen LogP contribution in [0.3, 0.4) is 0 Å². The van der Waals surface area contributed by atoms with E-state index in [9.17, 15) is 4.79 Å². The second-order valence-corrected chi connectivity index (χ2v) is 4.22. The minimum Gasteiger partial charge on any atom is -0.309 e. The van der Waals surface area contributed by atoms with Gasteiger partial charge in [-0.15, -0.1) is 0 Å². The first-order valence-corrected chi connectivity index (χ1v) is 5.77. The number of fused-ring (bicyclic) bond motifs is 1. The third kappa shape index (κ3) is 1.70. The fourth-order valence-corrected chi connectivity index (χ4v) is 2.05. The lowest BCUT2D eigenvalue weighted by atomic mass is 10.1. The maximum atomic E-state index is 11.5. The van der Waals surface area contributed by atoms with E-state index in [0.29, 0.717) is 0 Å². The number of nitrogens with zero attached hydrogens (tertiary/aromatic N) is 2. The van der Waals surface area contributed by atoms with Crippen molar-refractivity contribution in [2.75, 3.05) is 0 Å². The first-order chi connectivity index (χ1) is 8.75. The van der Waals surface area contributed by atoms with Crippen molar-refractivity contribution in [1.82, 2.24) is 9.55 Å². The fourth-order valence-electron chi connectivity index (χ4n) is 2.05. The van der Waals surface area contributed by atoms with Crippen molar-refractivity contribution >= 4 is 11.0 Å². The minimum atomic E-state index is -0.0880. The summed E-state index contributed by atoms with van der Waals surface area (Å²) in [6, 6.07) is 16.1. The largest absolute Gasteiger partial charge is 0.309 e. The van der Waals surface area contributed by atoms with Gasteiger partial charge in [0.15, 0.2) is 0 Å². The monoisotopic (exact) mass is 236 g/mol. The Morgan fingerprint density at radius 2 is 1.78 bits per heavy atom. The standard InChI is InChI=1S/C15H12N2O/c1-17-14-8-7-12(11-5-3-2-4-6-11)9-13(14)16-10-15(17)18/h2-10H,1H3. The van der Waals surface area contributed by atoms with E-state index in [0.717, 1.165) is 22.2 Å². The Balaban J connectivity index is 2.25. The molecule has 0 atom stereocenters. The van der Waals surface area contributed by atoms with Crippen LogP contribution in [0.1, 0.15) is 0 Å². The molecule has 3 heteroatoms. The first-order valence-electron chi connectivity index (χ1n) is 5.77. The van der Waals surface area contributed by atoms with Crippen molar-refractivity contribution < 1.29 is 0 Å². The molecule has 0 aliphatic carbocycles. The number of rotatable bonds is 1. The molecule has 0 radical (unpaired) electrons. The molecule has 3 nitrogen and oxygen atoms in total. The second kappa shape index (κ2) is 4.11. The summed E-state index contributed by atoms with van der Waals surface area (Å²) in [6.45, 7) is 0. The van der Waals surface area contributed by atoms with Crippen LogP contribution in [0.25, 0.3) is 22.2 Å². The van der Waals surface area contributed by atoms with Crippen LogP contribution in [-0.2, 0) is 7.05 Å². The third-order valence-corrected chi connectivity index (χ3v) is 3.09.